The summed E-state index contributed by atoms with van der Waals surface area (Å²) in [4.78, 5) is 13.2. The molecule has 1 N–H and O–H groups in total. The minimum atomic E-state index is -0.869. The van der Waals surface area contributed by atoms with Gasteiger partial charge in [0.25, 0.3) is 0 Å². The van der Waals surface area contributed by atoms with Crippen LogP contribution in [0.4, 0.5) is 5.69 Å². The van der Waals surface area contributed by atoms with Crippen molar-refractivity contribution in [2.24, 2.45) is 0 Å². The highest BCUT2D eigenvalue weighted by molar-refractivity contribution is 5.88. The Labute approximate surface area is 103 Å². The van der Waals surface area contributed by atoms with E-state index in [-0.39, 0.29) is 0 Å². The fourth-order valence-corrected chi connectivity index (χ4v) is 2.05. The molecule has 0 amide bonds. The summed E-state index contributed by atoms with van der Waals surface area (Å²) in [7, 11) is 0. The molecular weight excluding hydrogens is 214 g/mol. The molecule has 0 aliphatic carbocycles. The monoisotopic (exact) mass is 235 g/mol. The van der Waals surface area contributed by atoms with Gasteiger partial charge in [0.15, 0.2) is 0 Å². The van der Waals surface area contributed by atoms with Crippen LogP contribution < -0.4 is 4.90 Å². The van der Waals surface area contributed by atoms with Gasteiger partial charge in [0.05, 0.1) is 5.56 Å². The number of rotatable bonds is 5. The molecule has 0 saturated carbocycles. The number of aromatic carboxylic acids is 1. The fourth-order valence-electron chi connectivity index (χ4n) is 2.05. The molecule has 1 rings (SSSR count). The SMILES string of the molecule is CCC(C)N(CC)c1ccc(C(=O)O)cc1C. The van der Waals surface area contributed by atoms with Crippen molar-refractivity contribution in [3.63, 3.8) is 0 Å². The van der Waals surface area contributed by atoms with E-state index in [1.165, 1.54) is 0 Å². The molecule has 1 unspecified atom stereocenters. The third-order valence-corrected chi connectivity index (χ3v) is 3.22. The van der Waals surface area contributed by atoms with Crippen LogP contribution in [-0.4, -0.2) is 23.7 Å². The molecule has 0 spiro atoms. The van der Waals surface area contributed by atoms with Gasteiger partial charge in [-0.25, -0.2) is 4.79 Å². The molecule has 17 heavy (non-hydrogen) atoms. The molecule has 0 fully saturated rings. The fraction of sp³-hybridized carbons (Fsp3) is 0.500. The Hall–Kier alpha value is -1.51. The van der Waals surface area contributed by atoms with Crippen molar-refractivity contribution in [1.82, 2.24) is 0 Å². The maximum absolute atomic E-state index is 10.9. The van der Waals surface area contributed by atoms with Crippen LogP contribution in [0.5, 0.6) is 0 Å². The van der Waals surface area contributed by atoms with Crippen molar-refractivity contribution < 1.29 is 9.90 Å². The zero-order valence-electron chi connectivity index (χ0n) is 11.0. The Kier molecular flexibility index (Phi) is 4.55. The molecule has 0 heterocycles. The van der Waals surface area contributed by atoms with E-state index in [1.807, 2.05) is 13.0 Å². The van der Waals surface area contributed by atoms with E-state index in [0.29, 0.717) is 11.6 Å². The van der Waals surface area contributed by atoms with E-state index in [2.05, 4.69) is 25.7 Å². The van der Waals surface area contributed by atoms with E-state index >= 15 is 0 Å². The number of anilines is 1. The summed E-state index contributed by atoms with van der Waals surface area (Å²) < 4.78 is 0. The number of hydrogen-bond acceptors (Lipinski definition) is 2. The lowest BCUT2D eigenvalue weighted by molar-refractivity contribution is 0.0697. The summed E-state index contributed by atoms with van der Waals surface area (Å²) in [5.74, 6) is -0.869. The number of carboxylic acids is 1. The molecule has 0 saturated heterocycles. The van der Waals surface area contributed by atoms with Gasteiger partial charge in [0.2, 0.25) is 0 Å². The van der Waals surface area contributed by atoms with Crippen molar-refractivity contribution in [2.75, 3.05) is 11.4 Å². The van der Waals surface area contributed by atoms with Gasteiger partial charge in [-0.15, -0.1) is 0 Å². The summed E-state index contributed by atoms with van der Waals surface area (Å²) >= 11 is 0. The molecule has 0 aromatic heterocycles. The van der Waals surface area contributed by atoms with Gasteiger partial charge in [-0.3, -0.25) is 0 Å². The Morgan fingerprint density at radius 1 is 1.41 bits per heavy atom. The van der Waals surface area contributed by atoms with Gasteiger partial charge in [0.1, 0.15) is 0 Å². The second kappa shape index (κ2) is 5.71. The maximum atomic E-state index is 10.9. The molecule has 0 aliphatic rings. The average Bonchev–Trinajstić information content (AvgIpc) is 2.31. The van der Waals surface area contributed by atoms with Crippen molar-refractivity contribution in [3.05, 3.63) is 29.3 Å². The molecule has 1 aromatic carbocycles. The third-order valence-electron chi connectivity index (χ3n) is 3.22. The molecule has 0 bridgehead atoms. The summed E-state index contributed by atoms with van der Waals surface area (Å²) in [6.45, 7) is 9.37. The summed E-state index contributed by atoms with van der Waals surface area (Å²) in [5.41, 5.74) is 2.50. The minimum Gasteiger partial charge on any atom is -0.478 e. The topological polar surface area (TPSA) is 40.5 Å². The quantitative estimate of drug-likeness (QED) is 0.851. The lowest BCUT2D eigenvalue weighted by atomic mass is 10.1. The Morgan fingerprint density at radius 3 is 2.47 bits per heavy atom. The van der Waals surface area contributed by atoms with E-state index in [9.17, 15) is 4.79 Å². The van der Waals surface area contributed by atoms with Gasteiger partial charge < -0.3 is 10.0 Å². The molecule has 94 valence electrons. The molecule has 3 nitrogen and oxygen atoms in total. The first-order valence-corrected chi connectivity index (χ1v) is 6.11. The standard InChI is InChI=1S/C14H21NO2/c1-5-11(4)15(6-2)13-8-7-12(14(16)17)9-10(13)3/h7-9,11H,5-6H2,1-4H3,(H,16,17). The number of carbonyl (C=O) groups is 1. The number of nitrogens with zero attached hydrogens (tertiary/aromatic N) is 1. The predicted molar refractivity (Wildman–Crippen MR) is 70.9 cm³/mol. The van der Waals surface area contributed by atoms with Gasteiger partial charge in [-0.05, 0) is 51.0 Å². The third kappa shape index (κ3) is 2.99. The van der Waals surface area contributed by atoms with Crippen molar-refractivity contribution in [3.8, 4) is 0 Å². The van der Waals surface area contributed by atoms with Crippen LogP contribution in [0.2, 0.25) is 0 Å². The molecule has 0 aliphatic heterocycles. The first-order chi connectivity index (χ1) is 8.01. The summed E-state index contributed by atoms with van der Waals surface area (Å²) in [6.07, 6.45) is 1.08. The molecule has 1 atom stereocenters. The number of carboxylic acid groups (broad SMARTS) is 1. The highest BCUT2D eigenvalue weighted by Gasteiger charge is 2.14. The maximum Gasteiger partial charge on any atom is 0.335 e. The van der Waals surface area contributed by atoms with Crippen LogP contribution in [0.3, 0.4) is 0 Å². The van der Waals surface area contributed by atoms with Crippen LogP contribution in [0, 0.1) is 6.92 Å². The van der Waals surface area contributed by atoms with Gasteiger partial charge in [0, 0.05) is 18.3 Å². The summed E-state index contributed by atoms with van der Waals surface area (Å²) in [5, 5.41) is 8.94. The Balaban J connectivity index is 3.09. The predicted octanol–water partition coefficient (Wildman–Crippen LogP) is 3.32. The van der Waals surface area contributed by atoms with Crippen molar-refractivity contribution in [1.29, 1.82) is 0 Å². The highest BCUT2D eigenvalue weighted by atomic mass is 16.4. The number of benzene rings is 1. The lowest BCUT2D eigenvalue weighted by Gasteiger charge is -2.31. The van der Waals surface area contributed by atoms with Crippen LogP contribution in [-0.2, 0) is 0 Å². The lowest BCUT2D eigenvalue weighted by Crippen LogP contribution is -2.32. The second-order valence-corrected chi connectivity index (χ2v) is 4.35. The first kappa shape index (κ1) is 13.6. The Morgan fingerprint density at radius 2 is 2.06 bits per heavy atom. The van der Waals surface area contributed by atoms with Crippen molar-refractivity contribution >= 4 is 11.7 Å². The molecule has 0 radical (unpaired) electrons. The summed E-state index contributed by atoms with van der Waals surface area (Å²) in [6, 6.07) is 5.79. The highest BCUT2D eigenvalue weighted by Crippen LogP contribution is 2.24. The van der Waals surface area contributed by atoms with Crippen LogP contribution in [0.15, 0.2) is 18.2 Å². The zero-order valence-corrected chi connectivity index (χ0v) is 11.0. The molecule has 3 heteroatoms. The van der Waals surface area contributed by atoms with Crippen molar-refractivity contribution in [2.45, 2.75) is 40.2 Å². The van der Waals surface area contributed by atoms with E-state index in [4.69, 9.17) is 5.11 Å². The van der Waals surface area contributed by atoms with Gasteiger partial charge in [-0.2, -0.15) is 0 Å². The number of aryl methyl sites for hydroxylation is 1. The van der Waals surface area contributed by atoms with Gasteiger partial charge >= 0.3 is 5.97 Å². The smallest absolute Gasteiger partial charge is 0.335 e. The Bertz CT molecular complexity index is 401. The first-order valence-electron chi connectivity index (χ1n) is 6.11. The zero-order chi connectivity index (χ0) is 13.0. The number of hydrogen-bond donors (Lipinski definition) is 1. The van der Waals surface area contributed by atoms with Crippen LogP contribution in [0.25, 0.3) is 0 Å². The van der Waals surface area contributed by atoms with Crippen LogP contribution in [0.1, 0.15) is 43.1 Å². The average molecular weight is 235 g/mol. The van der Waals surface area contributed by atoms with E-state index in [1.54, 1.807) is 12.1 Å². The van der Waals surface area contributed by atoms with E-state index in [0.717, 1.165) is 24.2 Å². The minimum absolute atomic E-state index is 0.353. The van der Waals surface area contributed by atoms with E-state index < -0.39 is 5.97 Å². The molecular formula is C14H21NO2. The van der Waals surface area contributed by atoms with Crippen LogP contribution >= 0.6 is 0 Å². The second-order valence-electron chi connectivity index (χ2n) is 4.35. The van der Waals surface area contributed by atoms with Gasteiger partial charge in [-0.1, -0.05) is 6.92 Å². The normalized spacial score (nSPS) is 12.2. The molecule has 1 aromatic rings. The largest absolute Gasteiger partial charge is 0.478 e.